The summed E-state index contributed by atoms with van der Waals surface area (Å²) in [6.07, 6.45) is 9.97. The van der Waals surface area contributed by atoms with Crippen LogP contribution in [0, 0.1) is 5.92 Å². The molecule has 2 fully saturated rings. The van der Waals surface area contributed by atoms with E-state index in [0.29, 0.717) is 6.54 Å². The average Bonchev–Trinajstić information content (AvgIpc) is 3.27. The topological polar surface area (TPSA) is 64.7 Å². The quantitative estimate of drug-likeness (QED) is 0.632. The van der Waals surface area contributed by atoms with Crippen LogP contribution in [0.15, 0.2) is 18.2 Å². The van der Waals surface area contributed by atoms with Gasteiger partial charge in [-0.2, -0.15) is 0 Å². The lowest BCUT2D eigenvalue weighted by molar-refractivity contribution is -0.119. The lowest BCUT2D eigenvalue weighted by atomic mass is 9.94. The number of benzene rings is 1. The number of nitrogens with zero attached hydrogens (tertiary/aromatic N) is 2. The van der Waals surface area contributed by atoms with Crippen molar-refractivity contribution in [3.05, 3.63) is 23.8 Å². The van der Waals surface area contributed by atoms with Gasteiger partial charge in [0.25, 0.3) is 0 Å². The number of hydrogen-bond donors (Lipinski definition) is 2. The minimum absolute atomic E-state index is 0.00648. The SMILES string of the molecule is CC(C)NC(=O)N(Cc1cc(NC(=O)C2CCCC2)ccc1N(C)C)C1CCCCC1. The van der Waals surface area contributed by atoms with Crippen molar-refractivity contribution in [1.29, 1.82) is 0 Å². The van der Waals surface area contributed by atoms with Crippen molar-refractivity contribution in [2.45, 2.75) is 90.3 Å². The highest BCUT2D eigenvalue weighted by Crippen LogP contribution is 2.30. The molecule has 172 valence electrons. The van der Waals surface area contributed by atoms with Crippen LogP contribution in [0.4, 0.5) is 16.2 Å². The van der Waals surface area contributed by atoms with Crippen LogP contribution in [0.3, 0.4) is 0 Å². The molecule has 0 heterocycles. The molecule has 0 atom stereocenters. The van der Waals surface area contributed by atoms with E-state index in [9.17, 15) is 9.59 Å². The first-order valence-electron chi connectivity index (χ1n) is 12.0. The fourth-order valence-corrected chi connectivity index (χ4v) is 4.93. The first-order chi connectivity index (χ1) is 14.8. The van der Waals surface area contributed by atoms with E-state index in [2.05, 4.69) is 27.7 Å². The molecule has 0 bridgehead atoms. The first-order valence-corrected chi connectivity index (χ1v) is 12.0. The van der Waals surface area contributed by atoms with Gasteiger partial charge in [-0.05, 0) is 63.3 Å². The second-order valence-electron chi connectivity index (χ2n) is 9.73. The number of rotatable bonds is 7. The summed E-state index contributed by atoms with van der Waals surface area (Å²) in [7, 11) is 4.05. The van der Waals surface area contributed by atoms with Crippen LogP contribution in [0.1, 0.15) is 77.2 Å². The third-order valence-corrected chi connectivity index (χ3v) is 6.58. The van der Waals surface area contributed by atoms with E-state index in [0.717, 1.165) is 55.5 Å². The molecule has 0 aliphatic heterocycles. The van der Waals surface area contributed by atoms with Crippen LogP contribution in [0.25, 0.3) is 0 Å². The highest BCUT2D eigenvalue weighted by molar-refractivity contribution is 5.93. The molecule has 0 spiro atoms. The Hall–Kier alpha value is -2.24. The van der Waals surface area contributed by atoms with E-state index in [4.69, 9.17) is 0 Å². The minimum atomic E-state index is 0.00648. The molecule has 6 nitrogen and oxygen atoms in total. The first kappa shape index (κ1) is 23.4. The van der Waals surface area contributed by atoms with Gasteiger partial charge in [0.05, 0.1) is 0 Å². The third kappa shape index (κ3) is 6.37. The van der Waals surface area contributed by atoms with Crippen molar-refractivity contribution >= 4 is 23.3 Å². The lowest BCUT2D eigenvalue weighted by Gasteiger charge is -2.36. The molecule has 3 rings (SSSR count). The predicted octanol–water partition coefficient (Wildman–Crippen LogP) is 5.13. The molecule has 6 heteroatoms. The van der Waals surface area contributed by atoms with Gasteiger partial charge in [0.1, 0.15) is 0 Å². The number of carbonyl (C=O) groups is 2. The van der Waals surface area contributed by atoms with E-state index in [-0.39, 0.29) is 29.9 Å². The fraction of sp³-hybridized carbons (Fsp3) is 0.680. The van der Waals surface area contributed by atoms with Crippen LogP contribution in [-0.2, 0) is 11.3 Å². The summed E-state index contributed by atoms with van der Waals surface area (Å²) >= 11 is 0. The van der Waals surface area contributed by atoms with Crippen LogP contribution in [0.5, 0.6) is 0 Å². The molecular formula is C25H40N4O2. The minimum Gasteiger partial charge on any atom is -0.377 e. The van der Waals surface area contributed by atoms with E-state index >= 15 is 0 Å². The summed E-state index contributed by atoms with van der Waals surface area (Å²) in [6, 6.07) is 6.46. The van der Waals surface area contributed by atoms with E-state index in [1.165, 1.54) is 19.3 Å². The molecule has 0 aromatic heterocycles. The zero-order chi connectivity index (χ0) is 22.4. The van der Waals surface area contributed by atoms with Crippen LogP contribution in [-0.4, -0.2) is 43.0 Å². The highest BCUT2D eigenvalue weighted by Gasteiger charge is 2.27. The molecule has 2 saturated carbocycles. The number of nitrogens with one attached hydrogen (secondary N) is 2. The molecule has 1 aromatic carbocycles. The molecule has 1 aromatic rings. The number of anilines is 2. The van der Waals surface area contributed by atoms with Crippen LogP contribution in [0.2, 0.25) is 0 Å². The molecule has 0 saturated heterocycles. The van der Waals surface area contributed by atoms with Crippen molar-refractivity contribution in [2.75, 3.05) is 24.3 Å². The Morgan fingerprint density at radius 3 is 2.26 bits per heavy atom. The van der Waals surface area contributed by atoms with Crippen molar-refractivity contribution in [2.24, 2.45) is 5.92 Å². The molecule has 0 radical (unpaired) electrons. The Balaban J connectivity index is 1.83. The molecule has 3 amide bonds. The summed E-state index contributed by atoms with van der Waals surface area (Å²) < 4.78 is 0. The Morgan fingerprint density at radius 1 is 1.00 bits per heavy atom. The Kier molecular flexibility index (Phi) is 8.22. The summed E-state index contributed by atoms with van der Waals surface area (Å²) in [5.74, 6) is 0.260. The van der Waals surface area contributed by atoms with Crippen molar-refractivity contribution in [1.82, 2.24) is 10.2 Å². The van der Waals surface area contributed by atoms with Gasteiger partial charge in [-0.15, -0.1) is 0 Å². The Labute approximate surface area is 187 Å². The number of hydrogen-bond acceptors (Lipinski definition) is 3. The molecule has 2 aliphatic carbocycles. The van der Waals surface area contributed by atoms with Crippen molar-refractivity contribution in [3.8, 4) is 0 Å². The number of urea groups is 1. The highest BCUT2D eigenvalue weighted by atomic mass is 16.2. The maximum Gasteiger partial charge on any atom is 0.318 e. The Bertz CT molecular complexity index is 750. The zero-order valence-electron chi connectivity index (χ0n) is 19.7. The second kappa shape index (κ2) is 10.9. The summed E-state index contributed by atoms with van der Waals surface area (Å²) in [5, 5.41) is 6.22. The van der Waals surface area contributed by atoms with Crippen molar-refractivity contribution in [3.63, 3.8) is 0 Å². The van der Waals surface area contributed by atoms with Crippen molar-refractivity contribution < 1.29 is 9.59 Å². The normalized spacial score (nSPS) is 17.6. The molecule has 2 N–H and O–H groups in total. The summed E-state index contributed by atoms with van der Waals surface area (Å²) in [5.41, 5.74) is 2.97. The molecule has 2 aliphatic rings. The average molecular weight is 429 g/mol. The largest absolute Gasteiger partial charge is 0.377 e. The predicted molar refractivity (Wildman–Crippen MR) is 127 cm³/mol. The number of carbonyl (C=O) groups excluding carboxylic acids is 2. The fourth-order valence-electron chi connectivity index (χ4n) is 4.93. The van der Waals surface area contributed by atoms with Crippen LogP contribution >= 0.6 is 0 Å². The maximum atomic E-state index is 13.1. The molecular weight excluding hydrogens is 388 g/mol. The van der Waals surface area contributed by atoms with Gasteiger partial charge < -0.3 is 20.4 Å². The van der Waals surface area contributed by atoms with E-state index in [1.807, 2.05) is 38.9 Å². The van der Waals surface area contributed by atoms with Crippen LogP contribution < -0.4 is 15.5 Å². The summed E-state index contributed by atoms with van der Waals surface area (Å²) in [4.78, 5) is 29.9. The smallest absolute Gasteiger partial charge is 0.318 e. The van der Waals surface area contributed by atoms with E-state index in [1.54, 1.807) is 0 Å². The van der Waals surface area contributed by atoms with Gasteiger partial charge in [-0.3, -0.25) is 4.79 Å². The zero-order valence-corrected chi connectivity index (χ0v) is 19.7. The van der Waals surface area contributed by atoms with Gasteiger partial charge in [0.15, 0.2) is 0 Å². The maximum absolute atomic E-state index is 13.1. The van der Waals surface area contributed by atoms with E-state index < -0.39 is 0 Å². The monoisotopic (exact) mass is 428 g/mol. The lowest BCUT2D eigenvalue weighted by Crippen LogP contribution is -2.48. The van der Waals surface area contributed by atoms with Gasteiger partial charge in [0.2, 0.25) is 5.91 Å². The van der Waals surface area contributed by atoms with Gasteiger partial charge in [-0.1, -0.05) is 32.1 Å². The van der Waals surface area contributed by atoms with Gasteiger partial charge >= 0.3 is 6.03 Å². The second-order valence-corrected chi connectivity index (χ2v) is 9.73. The standard InChI is InChI=1S/C25H40N4O2/c1-18(2)26-25(31)29(22-12-6-5-7-13-22)17-20-16-21(14-15-23(20)28(3)4)27-24(30)19-10-8-9-11-19/h14-16,18-19,22H,5-13,17H2,1-4H3,(H,26,31)(H,27,30). The Morgan fingerprint density at radius 2 is 1.65 bits per heavy atom. The summed E-state index contributed by atoms with van der Waals surface area (Å²) in [6.45, 7) is 4.55. The third-order valence-electron chi connectivity index (χ3n) is 6.58. The molecule has 0 unspecified atom stereocenters. The number of amides is 3. The van der Waals surface area contributed by atoms with Gasteiger partial charge in [0, 0.05) is 50.0 Å². The molecule has 31 heavy (non-hydrogen) atoms. The van der Waals surface area contributed by atoms with Gasteiger partial charge in [-0.25, -0.2) is 4.79 Å².